The molecule has 2 aliphatic heterocycles. The van der Waals surface area contributed by atoms with Crippen LogP contribution in [0.25, 0.3) is 0 Å². The summed E-state index contributed by atoms with van der Waals surface area (Å²) in [4.78, 5) is 26.0. The number of rotatable bonds is 3. The number of imidazole rings is 1. The zero-order valence-corrected chi connectivity index (χ0v) is 13.4. The number of hydrogen-bond donors (Lipinski definition) is 0. The molecule has 23 heavy (non-hydrogen) atoms. The van der Waals surface area contributed by atoms with E-state index in [9.17, 15) is 4.79 Å². The van der Waals surface area contributed by atoms with E-state index in [2.05, 4.69) is 14.9 Å². The molecule has 1 atom stereocenters. The molecule has 120 valence electrons. The van der Waals surface area contributed by atoms with Crippen molar-refractivity contribution in [2.24, 2.45) is 7.05 Å². The van der Waals surface area contributed by atoms with Gasteiger partial charge in [0.15, 0.2) is 0 Å². The van der Waals surface area contributed by atoms with Crippen molar-refractivity contribution in [3.8, 4) is 0 Å². The normalized spacial score (nSPS) is 20.9. The molecule has 0 saturated carbocycles. The summed E-state index contributed by atoms with van der Waals surface area (Å²) < 4.78 is 2.01. The predicted molar refractivity (Wildman–Crippen MR) is 85.5 cm³/mol. The third-order valence-electron chi connectivity index (χ3n) is 4.78. The van der Waals surface area contributed by atoms with Crippen LogP contribution in [0.15, 0.2) is 30.7 Å². The third kappa shape index (κ3) is 2.63. The van der Waals surface area contributed by atoms with Crippen molar-refractivity contribution in [1.82, 2.24) is 24.3 Å². The Balaban J connectivity index is 1.59. The van der Waals surface area contributed by atoms with Crippen molar-refractivity contribution in [2.75, 3.05) is 19.6 Å². The molecule has 6 heteroatoms. The van der Waals surface area contributed by atoms with Gasteiger partial charge in [-0.1, -0.05) is 6.07 Å². The number of likely N-dealkylation sites (tertiary alicyclic amines) is 1. The quantitative estimate of drug-likeness (QED) is 0.853. The van der Waals surface area contributed by atoms with Crippen LogP contribution in [0.5, 0.6) is 0 Å². The summed E-state index contributed by atoms with van der Waals surface area (Å²) >= 11 is 0. The van der Waals surface area contributed by atoms with E-state index in [0.29, 0.717) is 0 Å². The van der Waals surface area contributed by atoms with Crippen LogP contribution in [0.1, 0.15) is 29.4 Å². The molecule has 2 aliphatic rings. The molecule has 0 N–H and O–H groups in total. The first-order chi connectivity index (χ1) is 11.2. The highest BCUT2D eigenvalue weighted by Gasteiger charge is 2.37. The summed E-state index contributed by atoms with van der Waals surface area (Å²) in [6.07, 6.45) is 4.76. The second kappa shape index (κ2) is 5.77. The average molecular weight is 311 g/mol. The summed E-state index contributed by atoms with van der Waals surface area (Å²) in [5.41, 5.74) is 3.13. The zero-order valence-electron chi connectivity index (χ0n) is 13.4. The first-order valence-electron chi connectivity index (χ1n) is 8.13. The van der Waals surface area contributed by atoms with Crippen molar-refractivity contribution in [3.63, 3.8) is 0 Å². The molecule has 1 fully saturated rings. The standard InChI is InChI=1S/C17H21N5O/c1-20-12-19-15-11-21(9-13-5-2-3-6-18-13)10-14(16(15)20)17(23)22-7-4-8-22/h2-3,5-6,12,14H,4,7-11H2,1H3/t14-/m0/s1. The molecular formula is C17H21N5O. The minimum absolute atomic E-state index is 0.115. The Labute approximate surface area is 135 Å². The SMILES string of the molecule is Cn1cnc2c1[C@@H](C(=O)N1CCC1)CN(Cc1ccccn1)C2. The van der Waals surface area contributed by atoms with Gasteiger partial charge in [0.2, 0.25) is 5.91 Å². The number of nitrogens with zero attached hydrogens (tertiary/aromatic N) is 5. The molecular weight excluding hydrogens is 290 g/mol. The highest BCUT2D eigenvalue weighted by Crippen LogP contribution is 2.30. The van der Waals surface area contributed by atoms with Gasteiger partial charge in [-0.2, -0.15) is 0 Å². The maximum atomic E-state index is 12.8. The molecule has 0 aromatic carbocycles. The molecule has 2 aromatic rings. The minimum atomic E-state index is -0.115. The Hall–Kier alpha value is -2.21. The minimum Gasteiger partial charge on any atom is -0.342 e. The van der Waals surface area contributed by atoms with E-state index in [1.54, 1.807) is 0 Å². The number of aromatic nitrogens is 3. The Kier molecular flexibility index (Phi) is 3.61. The molecule has 0 spiro atoms. The van der Waals surface area contributed by atoms with Crippen LogP contribution < -0.4 is 0 Å². The highest BCUT2D eigenvalue weighted by molar-refractivity contribution is 5.84. The first kappa shape index (κ1) is 14.4. The van der Waals surface area contributed by atoms with Gasteiger partial charge in [-0.25, -0.2) is 4.98 Å². The van der Waals surface area contributed by atoms with Gasteiger partial charge in [-0.3, -0.25) is 14.7 Å². The van der Waals surface area contributed by atoms with E-state index in [1.807, 2.05) is 47.2 Å². The molecule has 0 aliphatic carbocycles. The van der Waals surface area contributed by atoms with Crippen molar-refractivity contribution < 1.29 is 4.79 Å². The summed E-state index contributed by atoms with van der Waals surface area (Å²) in [7, 11) is 1.98. The number of carbonyl (C=O) groups excluding carboxylic acids is 1. The van der Waals surface area contributed by atoms with Gasteiger partial charge >= 0.3 is 0 Å². The summed E-state index contributed by atoms with van der Waals surface area (Å²) in [6, 6.07) is 5.95. The van der Waals surface area contributed by atoms with Gasteiger partial charge in [-0.15, -0.1) is 0 Å². The van der Waals surface area contributed by atoms with Gasteiger partial charge in [0.1, 0.15) is 0 Å². The fraction of sp³-hybridized carbons (Fsp3) is 0.471. The Morgan fingerprint density at radius 3 is 2.87 bits per heavy atom. The summed E-state index contributed by atoms with van der Waals surface area (Å²) in [5.74, 6) is 0.127. The fourth-order valence-corrected chi connectivity index (χ4v) is 3.47. The van der Waals surface area contributed by atoms with Gasteiger partial charge in [0.05, 0.1) is 29.3 Å². The molecule has 1 saturated heterocycles. The number of aryl methyl sites for hydroxylation is 1. The number of hydrogen-bond acceptors (Lipinski definition) is 4. The molecule has 0 radical (unpaired) electrons. The maximum Gasteiger partial charge on any atom is 0.233 e. The van der Waals surface area contributed by atoms with Crippen molar-refractivity contribution in [2.45, 2.75) is 25.4 Å². The second-order valence-electron chi connectivity index (χ2n) is 6.41. The van der Waals surface area contributed by atoms with Crippen LogP contribution in [0, 0.1) is 0 Å². The van der Waals surface area contributed by atoms with Crippen molar-refractivity contribution in [1.29, 1.82) is 0 Å². The van der Waals surface area contributed by atoms with Crippen LogP contribution in [0.3, 0.4) is 0 Å². The van der Waals surface area contributed by atoms with E-state index in [0.717, 1.165) is 56.2 Å². The van der Waals surface area contributed by atoms with Crippen LogP contribution in [0.2, 0.25) is 0 Å². The van der Waals surface area contributed by atoms with Gasteiger partial charge in [0, 0.05) is 46.0 Å². The van der Waals surface area contributed by atoms with E-state index in [-0.39, 0.29) is 11.8 Å². The zero-order chi connectivity index (χ0) is 15.8. The fourth-order valence-electron chi connectivity index (χ4n) is 3.47. The van der Waals surface area contributed by atoms with E-state index in [1.165, 1.54) is 0 Å². The Morgan fingerprint density at radius 2 is 2.17 bits per heavy atom. The lowest BCUT2D eigenvalue weighted by atomic mass is 9.95. The van der Waals surface area contributed by atoms with Crippen LogP contribution in [-0.4, -0.2) is 49.9 Å². The molecule has 1 amide bonds. The highest BCUT2D eigenvalue weighted by atomic mass is 16.2. The van der Waals surface area contributed by atoms with Crippen molar-refractivity contribution in [3.05, 3.63) is 47.8 Å². The predicted octanol–water partition coefficient (Wildman–Crippen LogP) is 1.15. The molecule has 6 nitrogen and oxygen atoms in total. The van der Waals surface area contributed by atoms with Crippen LogP contribution >= 0.6 is 0 Å². The summed E-state index contributed by atoms with van der Waals surface area (Å²) in [5, 5.41) is 0. The van der Waals surface area contributed by atoms with Crippen molar-refractivity contribution >= 4 is 5.91 Å². The molecule has 2 aromatic heterocycles. The number of carbonyl (C=O) groups is 1. The van der Waals surface area contributed by atoms with Gasteiger partial charge in [-0.05, 0) is 18.6 Å². The molecule has 4 rings (SSSR count). The largest absolute Gasteiger partial charge is 0.342 e. The first-order valence-corrected chi connectivity index (χ1v) is 8.13. The lowest BCUT2D eigenvalue weighted by Gasteiger charge is -2.38. The molecule has 0 bridgehead atoms. The van der Waals surface area contributed by atoms with E-state index in [4.69, 9.17) is 0 Å². The average Bonchev–Trinajstić information content (AvgIpc) is 2.87. The Morgan fingerprint density at radius 1 is 1.30 bits per heavy atom. The number of pyridine rings is 1. The maximum absolute atomic E-state index is 12.8. The summed E-state index contributed by atoms with van der Waals surface area (Å²) in [6.45, 7) is 4.04. The van der Waals surface area contributed by atoms with E-state index >= 15 is 0 Å². The smallest absolute Gasteiger partial charge is 0.233 e. The topological polar surface area (TPSA) is 54.3 Å². The van der Waals surface area contributed by atoms with Gasteiger partial charge < -0.3 is 9.47 Å². The van der Waals surface area contributed by atoms with Crippen LogP contribution in [-0.2, 0) is 24.9 Å². The monoisotopic (exact) mass is 311 g/mol. The van der Waals surface area contributed by atoms with Crippen LogP contribution in [0.4, 0.5) is 0 Å². The lowest BCUT2D eigenvalue weighted by Crippen LogP contribution is -2.48. The second-order valence-corrected chi connectivity index (χ2v) is 6.41. The number of fused-ring (bicyclic) bond motifs is 1. The third-order valence-corrected chi connectivity index (χ3v) is 4.78. The molecule has 4 heterocycles. The number of amides is 1. The molecule has 0 unspecified atom stereocenters. The van der Waals surface area contributed by atoms with Gasteiger partial charge in [0.25, 0.3) is 0 Å². The van der Waals surface area contributed by atoms with E-state index < -0.39 is 0 Å². The Bertz CT molecular complexity index is 707. The lowest BCUT2D eigenvalue weighted by molar-refractivity contribution is -0.137.